The maximum Gasteiger partial charge on any atom is 0.353 e. The standard InChI is InChI=1S/C13H14N2O4/c1-18-6-7-19-10-4-2-9(3-5-10)11-8-12(13(16)17)15-14-11/h2-5,8H,6-7H2,1H3,(H,14,15)(H,16,17). The molecule has 0 unspecified atom stereocenters. The summed E-state index contributed by atoms with van der Waals surface area (Å²) in [5.74, 6) is -0.298. The Kier molecular flexibility index (Phi) is 4.15. The number of carbonyl (C=O) groups is 1. The van der Waals surface area contributed by atoms with Crippen molar-refractivity contribution in [2.75, 3.05) is 20.3 Å². The van der Waals surface area contributed by atoms with Crippen LogP contribution in [0.2, 0.25) is 0 Å². The molecule has 0 amide bonds. The molecule has 0 bridgehead atoms. The highest BCUT2D eigenvalue weighted by molar-refractivity contribution is 5.86. The number of carboxylic acid groups (broad SMARTS) is 1. The molecule has 0 saturated heterocycles. The molecular weight excluding hydrogens is 248 g/mol. The number of hydrogen-bond acceptors (Lipinski definition) is 4. The average Bonchev–Trinajstić information content (AvgIpc) is 2.90. The minimum absolute atomic E-state index is 0.0652. The summed E-state index contributed by atoms with van der Waals surface area (Å²) >= 11 is 0. The molecule has 100 valence electrons. The summed E-state index contributed by atoms with van der Waals surface area (Å²) in [6.07, 6.45) is 0. The van der Waals surface area contributed by atoms with Crippen molar-refractivity contribution >= 4 is 5.97 Å². The van der Waals surface area contributed by atoms with Crippen molar-refractivity contribution in [3.63, 3.8) is 0 Å². The first-order valence-electron chi connectivity index (χ1n) is 5.71. The molecule has 0 atom stereocenters. The van der Waals surface area contributed by atoms with Gasteiger partial charge in [0.25, 0.3) is 0 Å². The van der Waals surface area contributed by atoms with Gasteiger partial charge in [0, 0.05) is 12.7 Å². The van der Waals surface area contributed by atoms with E-state index in [9.17, 15) is 4.79 Å². The second-order valence-electron chi connectivity index (χ2n) is 3.84. The van der Waals surface area contributed by atoms with Gasteiger partial charge in [-0.15, -0.1) is 0 Å². The number of H-pyrrole nitrogens is 1. The van der Waals surface area contributed by atoms with E-state index in [2.05, 4.69) is 10.2 Å². The van der Waals surface area contributed by atoms with Gasteiger partial charge in [-0.1, -0.05) is 0 Å². The van der Waals surface area contributed by atoms with E-state index in [0.29, 0.717) is 18.9 Å². The summed E-state index contributed by atoms with van der Waals surface area (Å²) in [5, 5.41) is 15.2. The molecule has 0 radical (unpaired) electrons. The zero-order valence-corrected chi connectivity index (χ0v) is 10.4. The van der Waals surface area contributed by atoms with Gasteiger partial charge in [0.2, 0.25) is 0 Å². The summed E-state index contributed by atoms with van der Waals surface area (Å²) in [6, 6.07) is 8.75. The summed E-state index contributed by atoms with van der Waals surface area (Å²) in [4.78, 5) is 10.7. The first-order chi connectivity index (χ1) is 9.20. The van der Waals surface area contributed by atoms with E-state index in [4.69, 9.17) is 14.6 Å². The van der Waals surface area contributed by atoms with Gasteiger partial charge in [-0.3, -0.25) is 5.10 Å². The van der Waals surface area contributed by atoms with Crippen LogP contribution in [0.25, 0.3) is 11.3 Å². The third-order valence-electron chi connectivity index (χ3n) is 2.51. The summed E-state index contributed by atoms with van der Waals surface area (Å²) in [6.45, 7) is 1.02. The van der Waals surface area contributed by atoms with E-state index in [1.165, 1.54) is 6.07 Å². The van der Waals surface area contributed by atoms with Gasteiger partial charge in [0.05, 0.1) is 12.3 Å². The van der Waals surface area contributed by atoms with Crippen LogP contribution < -0.4 is 4.74 Å². The summed E-state index contributed by atoms with van der Waals surface area (Å²) < 4.78 is 10.3. The number of nitrogens with one attached hydrogen (secondary N) is 1. The van der Waals surface area contributed by atoms with E-state index >= 15 is 0 Å². The zero-order chi connectivity index (χ0) is 13.7. The Morgan fingerprint density at radius 3 is 2.63 bits per heavy atom. The predicted molar refractivity (Wildman–Crippen MR) is 68.4 cm³/mol. The Bertz CT molecular complexity index is 548. The molecule has 0 aliphatic carbocycles. The first-order valence-corrected chi connectivity index (χ1v) is 5.71. The fraction of sp³-hybridized carbons (Fsp3) is 0.231. The molecule has 1 aromatic heterocycles. The van der Waals surface area contributed by atoms with Gasteiger partial charge >= 0.3 is 5.97 Å². The topological polar surface area (TPSA) is 84.4 Å². The summed E-state index contributed by atoms with van der Waals surface area (Å²) in [5.41, 5.74) is 1.47. The molecule has 19 heavy (non-hydrogen) atoms. The third kappa shape index (κ3) is 3.32. The number of rotatable bonds is 6. The molecule has 6 nitrogen and oxygen atoms in total. The quantitative estimate of drug-likeness (QED) is 0.775. The molecule has 0 spiro atoms. The number of nitrogens with zero attached hydrogens (tertiary/aromatic N) is 1. The largest absolute Gasteiger partial charge is 0.491 e. The van der Waals surface area contributed by atoms with Crippen LogP contribution in [0, 0.1) is 0 Å². The smallest absolute Gasteiger partial charge is 0.353 e. The Morgan fingerprint density at radius 1 is 1.32 bits per heavy atom. The van der Waals surface area contributed by atoms with Gasteiger partial charge in [-0.2, -0.15) is 5.10 Å². The predicted octanol–water partition coefficient (Wildman–Crippen LogP) is 1.80. The number of aromatic nitrogens is 2. The fourth-order valence-electron chi connectivity index (χ4n) is 1.54. The number of hydrogen-bond donors (Lipinski definition) is 2. The van der Waals surface area contributed by atoms with Gasteiger partial charge in [-0.05, 0) is 30.3 Å². The molecule has 0 aliphatic heterocycles. The second kappa shape index (κ2) is 6.01. The third-order valence-corrected chi connectivity index (χ3v) is 2.51. The van der Waals surface area contributed by atoms with Crippen LogP contribution in [-0.4, -0.2) is 41.6 Å². The normalized spacial score (nSPS) is 10.4. The lowest BCUT2D eigenvalue weighted by molar-refractivity contribution is 0.0690. The lowest BCUT2D eigenvalue weighted by atomic mass is 10.1. The Labute approximate surface area is 110 Å². The number of ether oxygens (including phenoxy) is 2. The minimum atomic E-state index is -1.03. The number of aromatic carboxylic acids is 1. The molecule has 1 aromatic carbocycles. The van der Waals surface area contributed by atoms with Crippen molar-refractivity contribution in [1.82, 2.24) is 10.2 Å². The molecule has 2 aromatic rings. The lowest BCUT2D eigenvalue weighted by Crippen LogP contribution is -2.03. The van der Waals surface area contributed by atoms with Crippen molar-refractivity contribution in [2.24, 2.45) is 0 Å². The van der Waals surface area contributed by atoms with E-state index in [1.807, 2.05) is 12.1 Å². The highest BCUT2D eigenvalue weighted by Crippen LogP contribution is 2.21. The summed E-state index contributed by atoms with van der Waals surface area (Å²) in [7, 11) is 1.62. The average molecular weight is 262 g/mol. The Morgan fingerprint density at radius 2 is 2.05 bits per heavy atom. The van der Waals surface area contributed by atoms with Gasteiger partial charge < -0.3 is 14.6 Å². The van der Waals surface area contributed by atoms with Crippen molar-refractivity contribution in [2.45, 2.75) is 0 Å². The van der Waals surface area contributed by atoms with Crippen molar-refractivity contribution in [3.8, 4) is 17.0 Å². The second-order valence-corrected chi connectivity index (χ2v) is 3.84. The molecule has 0 fully saturated rings. The van der Waals surface area contributed by atoms with E-state index in [-0.39, 0.29) is 5.69 Å². The van der Waals surface area contributed by atoms with Crippen LogP contribution in [-0.2, 0) is 4.74 Å². The van der Waals surface area contributed by atoms with Crippen LogP contribution in [0.4, 0.5) is 0 Å². The van der Waals surface area contributed by atoms with Gasteiger partial charge in [-0.25, -0.2) is 4.79 Å². The van der Waals surface area contributed by atoms with Crippen LogP contribution in [0.1, 0.15) is 10.5 Å². The van der Waals surface area contributed by atoms with Crippen molar-refractivity contribution in [3.05, 3.63) is 36.0 Å². The molecule has 2 rings (SSSR count). The first kappa shape index (κ1) is 13.1. The molecule has 0 aliphatic rings. The number of carboxylic acids is 1. The highest BCUT2D eigenvalue weighted by atomic mass is 16.5. The Balaban J connectivity index is 2.06. The highest BCUT2D eigenvalue weighted by Gasteiger charge is 2.09. The van der Waals surface area contributed by atoms with Crippen LogP contribution in [0.15, 0.2) is 30.3 Å². The monoisotopic (exact) mass is 262 g/mol. The van der Waals surface area contributed by atoms with E-state index in [1.54, 1.807) is 19.2 Å². The van der Waals surface area contributed by atoms with Gasteiger partial charge in [0.1, 0.15) is 18.1 Å². The molecule has 0 saturated carbocycles. The maximum atomic E-state index is 10.7. The van der Waals surface area contributed by atoms with E-state index in [0.717, 1.165) is 11.3 Å². The van der Waals surface area contributed by atoms with E-state index < -0.39 is 5.97 Å². The lowest BCUT2D eigenvalue weighted by Gasteiger charge is -2.05. The van der Waals surface area contributed by atoms with Crippen LogP contribution >= 0.6 is 0 Å². The minimum Gasteiger partial charge on any atom is -0.491 e. The zero-order valence-electron chi connectivity index (χ0n) is 10.4. The fourth-order valence-corrected chi connectivity index (χ4v) is 1.54. The SMILES string of the molecule is COCCOc1ccc(-c2cc(C(=O)O)[nH]n2)cc1. The maximum absolute atomic E-state index is 10.7. The van der Waals surface area contributed by atoms with Crippen molar-refractivity contribution < 1.29 is 19.4 Å². The molecular formula is C13H14N2O4. The number of benzene rings is 1. The Hall–Kier alpha value is -2.34. The van der Waals surface area contributed by atoms with Crippen LogP contribution in [0.3, 0.4) is 0 Å². The van der Waals surface area contributed by atoms with Crippen LogP contribution in [0.5, 0.6) is 5.75 Å². The number of aromatic amines is 1. The van der Waals surface area contributed by atoms with Crippen molar-refractivity contribution in [1.29, 1.82) is 0 Å². The van der Waals surface area contributed by atoms with Gasteiger partial charge in [0.15, 0.2) is 0 Å². The molecule has 2 N–H and O–H groups in total. The number of methoxy groups -OCH3 is 1. The molecule has 6 heteroatoms. The molecule has 1 heterocycles.